The average Bonchev–Trinajstić information content (AvgIpc) is 2.69. The van der Waals surface area contributed by atoms with Gasteiger partial charge in [-0.05, 0) is 47.8 Å². The Kier molecular flexibility index (Phi) is 3.73. The molecule has 0 bridgehead atoms. The molecule has 0 aromatic heterocycles. The topological polar surface area (TPSA) is 20.3 Å². The quantitative estimate of drug-likeness (QED) is 0.719. The number of halogens is 3. The molecule has 0 spiro atoms. The highest BCUT2D eigenvalue weighted by atomic mass is 79.9. The highest BCUT2D eigenvalue weighted by Gasteiger charge is 2.27. The summed E-state index contributed by atoms with van der Waals surface area (Å²) in [6.45, 7) is 2.71. The number of nitrogens with zero attached hydrogens (tertiary/aromatic N) is 1. The molecule has 1 atom stereocenters. The maximum absolute atomic E-state index is 13.4. The van der Waals surface area contributed by atoms with E-state index in [4.69, 9.17) is 11.6 Å². The van der Waals surface area contributed by atoms with Crippen LogP contribution in [-0.2, 0) is 0 Å². The van der Waals surface area contributed by atoms with E-state index in [9.17, 15) is 9.18 Å². The van der Waals surface area contributed by atoms with Crippen molar-refractivity contribution in [3.05, 3.63) is 33.0 Å². The molecule has 1 aromatic carbocycles. The van der Waals surface area contributed by atoms with Crippen LogP contribution in [0.4, 0.5) is 4.39 Å². The first-order valence-electron chi connectivity index (χ1n) is 5.46. The molecule has 2 nitrogen and oxygen atoms in total. The summed E-state index contributed by atoms with van der Waals surface area (Å²) in [6, 6.07) is 2.82. The van der Waals surface area contributed by atoms with Crippen molar-refractivity contribution < 1.29 is 9.18 Å². The Balaban J connectivity index is 2.34. The van der Waals surface area contributed by atoms with Gasteiger partial charge in [0.15, 0.2) is 0 Å². The standard InChI is InChI=1S/C12H12BrClFNO/c1-7-3-2-4-16(7)12(17)8-5-11(15)9(13)6-10(8)14/h5-7H,2-4H2,1H3/t7-/m1/s1. The SMILES string of the molecule is C[C@@H]1CCCN1C(=O)c1cc(F)c(Br)cc1Cl. The van der Waals surface area contributed by atoms with Crippen molar-refractivity contribution in [1.29, 1.82) is 0 Å². The van der Waals surface area contributed by atoms with Gasteiger partial charge in [0.25, 0.3) is 5.91 Å². The number of likely N-dealkylation sites (tertiary alicyclic amines) is 1. The molecule has 0 unspecified atom stereocenters. The number of benzene rings is 1. The zero-order valence-electron chi connectivity index (χ0n) is 9.34. The minimum absolute atomic E-state index is 0.189. The third-order valence-corrected chi connectivity index (χ3v) is 3.97. The van der Waals surface area contributed by atoms with Gasteiger partial charge in [0, 0.05) is 12.6 Å². The third-order valence-electron chi connectivity index (χ3n) is 3.05. The number of carbonyl (C=O) groups is 1. The molecule has 92 valence electrons. The molecular formula is C12H12BrClFNO. The van der Waals surface area contributed by atoms with Crippen LogP contribution in [0.25, 0.3) is 0 Å². The van der Waals surface area contributed by atoms with Gasteiger partial charge in [0.1, 0.15) is 5.82 Å². The molecule has 5 heteroatoms. The molecule has 1 saturated heterocycles. The molecule has 17 heavy (non-hydrogen) atoms. The van der Waals surface area contributed by atoms with Gasteiger partial charge in [-0.25, -0.2) is 4.39 Å². The van der Waals surface area contributed by atoms with Crippen LogP contribution in [0.3, 0.4) is 0 Å². The molecule has 1 heterocycles. The molecule has 0 saturated carbocycles. The lowest BCUT2D eigenvalue weighted by atomic mass is 10.1. The summed E-state index contributed by atoms with van der Waals surface area (Å²) in [7, 11) is 0. The van der Waals surface area contributed by atoms with Crippen LogP contribution in [0.5, 0.6) is 0 Å². The first-order valence-corrected chi connectivity index (χ1v) is 6.63. The summed E-state index contributed by atoms with van der Waals surface area (Å²) >= 11 is 9.02. The number of hydrogen-bond donors (Lipinski definition) is 0. The van der Waals surface area contributed by atoms with Crippen LogP contribution in [0.1, 0.15) is 30.1 Å². The predicted molar refractivity (Wildman–Crippen MR) is 68.8 cm³/mol. The lowest BCUT2D eigenvalue weighted by Gasteiger charge is -2.22. The van der Waals surface area contributed by atoms with E-state index in [2.05, 4.69) is 15.9 Å². The summed E-state index contributed by atoms with van der Waals surface area (Å²) < 4.78 is 13.7. The Morgan fingerprint density at radius 2 is 2.29 bits per heavy atom. The number of carbonyl (C=O) groups excluding carboxylic acids is 1. The van der Waals surface area contributed by atoms with E-state index < -0.39 is 5.82 Å². The van der Waals surface area contributed by atoms with Crippen molar-refractivity contribution >= 4 is 33.4 Å². The van der Waals surface area contributed by atoms with Crippen molar-refractivity contribution in [2.75, 3.05) is 6.54 Å². The van der Waals surface area contributed by atoms with Gasteiger partial charge in [-0.1, -0.05) is 11.6 Å². The minimum Gasteiger partial charge on any atom is -0.336 e. The van der Waals surface area contributed by atoms with Crippen LogP contribution < -0.4 is 0 Å². The summed E-state index contributed by atoms with van der Waals surface area (Å²) in [4.78, 5) is 13.9. The number of amides is 1. The summed E-state index contributed by atoms with van der Waals surface area (Å²) in [6.07, 6.45) is 1.98. The maximum Gasteiger partial charge on any atom is 0.255 e. The van der Waals surface area contributed by atoms with Gasteiger partial charge in [-0.2, -0.15) is 0 Å². The van der Waals surface area contributed by atoms with Crippen LogP contribution >= 0.6 is 27.5 Å². The Morgan fingerprint density at radius 3 is 2.88 bits per heavy atom. The second-order valence-corrected chi connectivity index (χ2v) is 5.50. The molecule has 0 radical (unpaired) electrons. The smallest absolute Gasteiger partial charge is 0.255 e. The Labute approximate surface area is 113 Å². The maximum atomic E-state index is 13.4. The molecule has 1 fully saturated rings. The van der Waals surface area contributed by atoms with Crippen LogP contribution in [-0.4, -0.2) is 23.4 Å². The van der Waals surface area contributed by atoms with Gasteiger partial charge < -0.3 is 4.90 Å². The highest BCUT2D eigenvalue weighted by molar-refractivity contribution is 9.10. The summed E-state index contributed by atoms with van der Waals surface area (Å²) in [5.41, 5.74) is 0.237. The van der Waals surface area contributed by atoms with Crippen molar-refractivity contribution in [2.45, 2.75) is 25.8 Å². The van der Waals surface area contributed by atoms with Gasteiger partial charge >= 0.3 is 0 Å². The lowest BCUT2D eigenvalue weighted by Crippen LogP contribution is -2.33. The summed E-state index contributed by atoms with van der Waals surface area (Å²) in [5, 5.41) is 0.280. The minimum atomic E-state index is -0.468. The fourth-order valence-electron chi connectivity index (χ4n) is 2.08. The molecule has 0 aliphatic carbocycles. The van der Waals surface area contributed by atoms with Gasteiger partial charge in [0.2, 0.25) is 0 Å². The fourth-order valence-corrected chi connectivity index (χ4v) is 2.80. The van der Waals surface area contributed by atoms with Gasteiger partial charge in [-0.3, -0.25) is 4.79 Å². The fraction of sp³-hybridized carbons (Fsp3) is 0.417. The molecular weight excluding hydrogens is 308 g/mol. The van der Waals surface area contributed by atoms with Crippen molar-refractivity contribution in [3.63, 3.8) is 0 Å². The number of hydrogen-bond acceptors (Lipinski definition) is 1. The lowest BCUT2D eigenvalue weighted by molar-refractivity contribution is 0.0747. The van der Waals surface area contributed by atoms with Crippen LogP contribution in [0.2, 0.25) is 5.02 Å². The average molecular weight is 321 g/mol. The van der Waals surface area contributed by atoms with Gasteiger partial charge in [0.05, 0.1) is 15.1 Å². The molecule has 1 amide bonds. The van der Waals surface area contributed by atoms with E-state index in [1.165, 1.54) is 12.1 Å². The van der Waals surface area contributed by atoms with E-state index >= 15 is 0 Å². The van der Waals surface area contributed by atoms with E-state index in [0.717, 1.165) is 12.8 Å². The first-order chi connectivity index (χ1) is 8.00. The van der Waals surface area contributed by atoms with E-state index in [1.807, 2.05) is 6.92 Å². The monoisotopic (exact) mass is 319 g/mol. The Bertz CT molecular complexity index is 466. The Morgan fingerprint density at radius 1 is 1.59 bits per heavy atom. The van der Waals surface area contributed by atoms with E-state index in [1.54, 1.807) is 4.90 Å². The van der Waals surface area contributed by atoms with Crippen LogP contribution in [0.15, 0.2) is 16.6 Å². The van der Waals surface area contributed by atoms with E-state index in [0.29, 0.717) is 6.54 Å². The zero-order valence-corrected chi connectivity index (χ0v) is 11.7. The molecule has 2 rings (SSSR count). The van der Waals surface area contributed by atoms with Crippen molar-refractivity contribution in [1.82, 2.24) is 4.90 Å². The molecule has 1 aliphatic rings. The highest BCUT2D eigenvalue weighted by Crippen LogP contribution is 2.28. The van der Waals surface area contributed by atoms with Crippen molar-refractivity contribution in [3.8, 4) is 0 Å². The summed E-state index contributed by atoms with van der Waals surface area (Å²) in [5.74, 6) is -0.656. The third kappa shape index (κ3) is 2.47. The molecule has 0 N–H and O–H groups in total. The Hall–Kier alpha value is -0.610. The number of rotatable bonds is 1. The molecule has 1 aromatic rings. The second kappa shape index (κ2) is 4.94. The van der Waals surface area contributed by atoms with Crippen molar-refractivity contribution in [2.24, 2.45) is 0 Å². The first kappa shape index (κ1) is 12.8. The largest absolute Gasteiger partial charge is 0.336 e. The second-order valence-electron chi connectivity index (χ2n) is 4.24. The zero-order chi connectivity index (χ0) is 12.6. The molecule has 1 aliphatic heterocycles. The van der Waals surface area contributed by atoms with Gasteiger partial charge in [-0.15, -0.1) is 0 Å². The predicted octanol–water partition coefficient (Wildman–Crippen LogP) is 3.87. The normalized spacial score (nSPS) is 19.8. The van der Waals surface area contributed by atoms with E-state index in [-0.39, 0.29) is 27.0 Å². The van der Waals surface area contributed by atoms with Crippen LogP contribution in [0, 0.1) is 5.82 Å².